The highest BCUT2D eigenvalue weighted by Gasteiger charge is 2.27. The van der Waals surface area contributed by atoms with Gasteiger partial charge in [0.2, 0.25) is 0 Å². The lowest BCUT2D eigenvalue weighted by Crippen LogP contribution is -2.21. The lowest BCUT2D eigenvalue weighted by Gasteiger charge is -2.35. The van der Waals surface area contributed by atoms with E-state index in [-0.39, 0.29) is 0 Å². The standard InChI is InChI=1S/C30H60/c1-5-9-13-14-15-16-17-18-19-20-21-22-23-24-25-29-30(26-10-6-2,27-11-7-3)28-12-8-4/h18-19H,5-17,20-29H2,1-4H3/b19-18-. The van der Waals surface area contributed by atoms with E-state index in [1.165, 1.54) is 148 Å². The molecule has 0 aromatic heterocycles. The first-order valence-electron chi connectivity index (χ1n) is 14.4. The summed E-state index contributed by atoms with van der Waals surface area (Å²) < 4.78 is 0. The van der Waals surface area contributed by atoms with Crippen molar-refractivity contribution in [3.63, 3.8) is 0 Å². The second-order valence-corrected chi connectivity index (χ2v) is 10.1. The van der Waals surface area contributed by atoms with E-state index in [0.717, 1.165) is 0 Å². The Bertz CT molecular complexity index is 318. The highest BCUT2D eigenvalue weighted by Crippen LogP contribution is 2.41. The maximum absolute atomic E-state index is 2.46. The van der Waals surface area contributed by atoms with E-state index in [9.17, 15) is 0 Å². The van der Waals surface area contributed by atoms with Gasteiger partial charge < -0.3 is 0 Å². The fraction of sp³-hybridized carbons (Fsp3) is 0.933. The van der Waals surface area contributed by atoms with Gasteiger partial charge in [-0.1, -0.05) is 136 Å². The van der Waals surface area contributed by atoms with E-state index in [1.54, 1.807) is 0 Å². The molecule has 0 rings (SSSR count). The lowest BCUT2D eigenvalue weighted by molar-refractivity contribution is 0.176. The smallest absolute Gasteiger partial charge is 0.0297 e. The summed E-state index contributed by atoms with van der Waals surface area (Å²) in [7, 11) is 0. The minimum atomic E-state index is 0.682. The quantitative estimate of drug-likeness (QED) is 0.107. The molecular formula is C30H60. The number of allylic oxidation sites excluding steroid dienone is 2. The van der Waals surface area contributed by atoms with Crippen LogP contribution in [0.1, 0.15) is 175 Å². The average molecular weight is 421 g/mol. The predicted octanol–water partition coefficient (Wildman–Crippen LogP) is 11.6. The zero-order valence-electron chi connectivity index (χ0n) is 21.9. The van der Waals surface area contributed by atoms with Crippen LogP contribution in [0.3, 0.4) is 0 Å². The summed E-state index contributed by atoms with van der Waals surface area (Å²) in [6.07, 6.45) is 37.7. The number of hydrogen-bond donors (Lipinski definition) is 0. The zero-order chi connectivity index (χ0) is 22.2. The molecule has 0 nitrogen and oxygen atoms in total. The highest BCUT2D eigenvalue weighted by molar-refractivity contribution is 4.82. The molecule has 0 aliphatic rings. The summed E-state index contributed by atoms with van der Waals surface area (Å²) in [5.41, 5.74) is 0.682. The molecule has 0 heteroatoms. The summed E-state index contributed by atoms with van der Waals surface area (Å²) in [6, 6.07) is 0. The van der Waals surface area contributed by atoms with Crippen molar-refractivity contribution in [1.82, 2.24) is 0 Å². The van der Waals surface area contributed by atoms with Gasteiger partial charge in [0, 0.05) is 0 Å². The molecule has 0 heterocycles. The molecule has 0 aliphatic heterocycles. The molecule has 180 valence electrons. The van der Waals surface area contributed by atoms with Gasteiger partial charge in [-0.2, -0.15) is 0 Å². The van der Waals surface area contributed by atoms with Gasteiger partial charge in [-0.25, -0.2) is 0 Å². The van der Waals surface area contributed by atoms with E-state index >= 15 is 0 Å². The molecule has 0 saturated heterocycles. The molecule has 0 bridgehead atoms. The Balaban J connectivity index is 3.85. The minimum Gasteiger partial charge on any atom is -0.0885 e. The maximum atomic E-state index is 2.46. The van der Waals surface area contributed by atoms with Crippen LogP contribution in [0, 0.1) is 5.41 Å². The van der Waals surface area contributed by atoms with Crippen molar-refractivity contribution < 1.29 is 0 Å². The van der Waals surface area contributed by atoms with E-state index in [0.29, 0.717) is 5.41 Å². The van der Waals surface area contributed by atoms with Crippen molar-refractivity contribution in [2.24, 2.45) is 5.41 Å². The summed E-state index contributed by atoms with van der Waals surface area (Å²) in [6.45, 7) is 9.40. The molecule has 0 aromatic rings. The number of unbranched alkanes of at least 4 members (excludes halogenated alkanes) is 14. The first-order chi connectivity index (χ1) is 14.7. The molecule has 0 saturated carbocycles. The summed E-state index contributed by atoms with van der Waals surface area (Å²) in [5, 5.41) is 0. The van der Waals surface area contributed by atoms with Crippen LogP contribution in [0.25, 0.3) is 0 Å². The highest BCUT2D eigenvalue weighted by atomic mass is 14.3. The van der Waals surface area contributed by atoms with Gasteiger partial charge in [0.1, 0.15) is 0 Å². The second kappa shape index (κ2) is 23.4. The maximum Gasteiger partial charge on any atom is -0.0297 e. The summed E-state index contributed by atoms with van der Waals surface area (Å²) >= 11 is 0. The van der Waals surface area contributed by atoms with Crippen LogP contribution in [-0.2, 0) is 0 Å². The Labute approximate surface area is 193 Å². The van der Waals surface area contributed by atoms with Gasteiger partial charge in [-0.3, -0.25) is 0 Å². The number of rotatable bonds is 24. The number of hydrogen-bond acceptors (Lipinski definition) is 0. The summed E-state index contributed by atoms with van der Waals surface area (Å²) in [5.74, 6) is 0. The molecule has 0 fully saturated rings. The zero-order valence-corrected chi connectivity index (χ0v) is 21.9. The molecule has 0 amide bonds. The van der Waals surface area contributed by atoms with E-state index in [4.69, 9.17) is 0 Å². The van der Waals surface area contributed by atoms with Crippen LogP contribution in [0.2, 0.25) is 0 Å². The van der Waals surface area contributed by atoms with Crippen molar-refractivity contribution in [2.45, 2.75) is 175 Å². The second-order valence-electron chi connectivity index (χ2n) is 10.1. The van der Waals surface area contributed by atoms with E-state index in [2.05, 4.69) is 39.8 Å². The van der Waals surface area contributed by atoms with Crippen LogP contribution in [0.15, 0.2) is 12.2 Å². The SMILES string of the molecule is CCCCCCCC/C=C\CCCCCCCC(CCCC)(CCCC)CCCC. The largest absolute Gasteiger partial charge is 0.0885 e. The van der Waals surface area contributed by atoms with Crippen LogP contribution < -0.4 is 0 Å². The van der Waals surface area contributed by atoms with Gasteiger partial charge in [0.15, 0.2) is 0 Å². The Morgan fingerprint density at radius 2 is 0.700 bits per heavy atom. The van der Waals surface area contributed by atoms with Crippen molar-refractivity contribution in [3.05, 3.63) is 12.2 Å². The predicted molar refractivity (Wildman–Crippen MR) is 140 cm³/mol. The molecule has 0 N–H and O–H groups in total. The van der Waals surface area contributed by atoms with Crippen molar-refractivity contribution in [3.8, 4) is 0 Å². The first-order valence-corrected chi connectivity index (χ1v) is 14.4. The third-order valence-corrected chi connectivity index (χ3v) is 7.15. The van der Waals surface area contributed by atoms with Gasteiger partial charge in [0.25, 0.3) is 0 Å². The van der Waals surface area contributed by atoms with Crippen LogP contribution in [0.4, 0.5) is 0 Å². The molecule has 0 radical (unpaired) electrons. The van der Waals surface area contributed by atoms with Crippen molar-refractivity contribution in [2.75, 3.05) is 0 Å². The van der Waals surface area contributed by atoms with Crippen LogP contribution >= 0.6 is 0 Å². The minimum absolute atomic E-state index is 0.682. The van der Waals surface area contributed by atoms with Gasteiger partial charge >= 0.3 is 0 Å². The third kappa shape index (κ3) is 18.5. The van der Waals surface area contributed by atoms with Crippen LogP contribution in [-0.4, -0.2) is 0 Å². The third-order valence-electron chi connectivity index (χ3n) is 7.15. The Hall–Kier alpha value is -0.260. The van der Waals surface area contributed by atoms with Gasteiger partial charge in [-0.05, 0) is 56.8 Å². The normalized spacial score (nSPS) is 12.3. The van der Waals surface area contributed by atoms with Gasteiger partial charge in [-0.15, -0.1) is 0 Å². The molecular weight excluding hydrogens is 360 g/mol. The van der Waals surface area contributed by atoms with E-state index in [1.807, 2.05) is 0 Å². The lowest BCUT2D eigenvalue weighted by atomic mass is 9.71. The molecule has 30 heavy (non-hydrogen) atoms. The first kappa shape index (κ1) is 29.7. The van der Waals surface area contributed by atoms with Crippen molar-refractivity contribution >= 4 is 0 Å². The fourth-order valence-corrected chi connectivity index (χ4v) is 4.98. The molecule has 0 unspecified atom stereocenters. The Morgan fingerprint density at radius 1 is 0.367 bits per heavy atom. The monoisotopic (exact) mass is 420 g/mol. The fourth-order valence-electron chi connectivity index (χ4n) is 4.98. The average Bonchev–Trinajstić information content (AvgIpc) is 2.77. The Kier molecular flexibility index (Phi) is 23.2. The topological polar surface area (TPSA) is 0 Å². The molecule has 0 aliphatic carbocycles. The molecule has 0 aromatic carbocycles. The van der Waals surface area contributed by atoms with E-state index < -0.39 is 0 Å². The van der Waals surface area contributed by atoms with Crippen molar-refractivity contribution in [1.29, 1.82) is 0 Å². The van der Waals surface area contributed by atoms with Crippen LogP contribution in [0.5, 0.6) is 0 Å². The summed E-state index contributed by atoms with van der Waals surface area (Å²) in [4.78, 5) is 0. The molecule has 0 spiro atoms. The molecule has 0 atom stereocenters. The Morgan fingerprint density at radius 3 is 1.13 bits per heavy atom. The van der Waals surface area contributed by atoms with Gasteiger partial charge in [0.05, 0.1) is 0 Å².